The van der Waals surface area contributed by atoms with Crippen molar-refractivity contribution >= 4 is 5.78 Å². The van der Waals surface area contributed by atoms with Crippen LogP contribution in [-0.2, 0) is 10.2 Å². The van der Waals surface area contributed by atoms with E-state index < -0.39 is 11.0 Å². The van der Waals surface area contributed by atoms with Gasteiger partial charge >= 0.3 is 0 Å². The number of Topliss-reactive ketones (excluding diaryl/α,β-unsaturated/α-hetero) is 1. The van der Waals surface area contributed by atoms with Crippen LogP contribution in [0.2, 0.25) is 0 Å². The fraction of sp³-hybridized carbons (Fsp3) is 0.306. The van der Waals surface area contributed by atoms with Crippen LogP contribution in [-0.4, -0.2) is 66.6 Å². The van der Waals surface area contributed by atoms with E-state index in [1.54, 1.807) is 0 Å². The molecule has 0 unspecified atom stereocenters. The van der Waals surface area contributed by atoms with Crippen molar-refractivity contribution in [3.63, 3.8) is 0 Å². The van der Waals surface area contributed by atoms with Gasteiger partial charge in [-0.3, -0.25) is 4.79 Å². The van der Waals surface area contributed by atoms with Gasteiger partial charge in [0.2, 0.25) is 0 Å². The molecule has 40 heavy (non-hydrogen) atoms. The minimum Gasteiger partial charge on any atom is -0.387 e. The minimum absolute atomic E-state index is 0.108. The smallest absolute Gasteiger partial charge is 0.156 e. The summed E-state index contributed by atoms with van der Waals surface area (Å²) in [4.78, 5) is 19.9. The van der Waals surface area contributed by atoms with Gasteiger partial charge in [0.15, 0.2) is 5.78 Å². The van der Waals surface area contributed by atoms with Crippen molar-refractivity contribution in [2.24, 2.45) is 0 Å². The largest absolute Gasteiger partial charge is 0.387 e. The molecule has 4 aromatic rings. The maximum atomic E-state index is 15.3. The molecule has 2 heterocycles. The zero-order valence-corrected chi connectivity index (χ0v) is 23.4. The van der Waals surface area contributed by atoms with Crippen LogP contribution in [0.3, 0.4) is 0 Å². The van der Waals surface area contributed by atoms with Gasteiger partial charge in [-0.05, 0) is 36.3 Å². The number of carbonyl (C=O) groups excluding carboxylic acids is 1. The second kappa shape index (κ2) is 10.8. The molecule has 0 saturated carbocycles. The van der Waals surface area contributed by atoms with Gasteiger partial charge in [0.25, 0.3) is 0 Å². The second-order valence-electron chi connectivity index (χ2n) is 11.8. The van der Waals surface area contributed by atoms with Gasteiger partial charge in [-0.15, -0.1) is 0 Å². The van der Waals surface area contributed by atoms with E-state index in [2.05, 4.69) is 72.4 Å². The average Bonchev–Trinajstić information content (AvgIpc) is 3.01. The fourth-order valence-corrected chi connectivity index (χ4v) is 7.60. The predicted octanol–water partition coefficient (Wildman–Crippen LogP) is 5.47. The minimum atomic E-state index is -1.40. The molecule has 0 aliphatic carbocycles. The number of aliphatic hydroxyl groups is 1. The van der Waals surface area contributed by atoms with Crippen LogP contribution in [0.5, 0.6) is 0 Å². The van der Waals surface area contributed by atoms with E-state index in [9.17, 15) is 5.11 Å². The molecule has 2 aliphatic rings. The highest BCUT2D eigenvalue weighted by Gasteiger charge is 2.67. The lowest BCUT2D eigenvalue weighted by Crippen LogP contribution is -2.73. The third-order valence-electron chi connectivity index (χ3n) is 9.35. The Kier molecular flexibility index (Phi) is 7.18. The average molecular weight is 531 g/mol. The summed E-state index contributed by atoms with van der Waals surface area (Å²) in [5.74, 6) is -0.817. The highest BCUT2D eigenvalue weighted by molar-refractivity contribution is 5.98. The van der Waals surface area contributed by atoms with E-state index in [0.29, 0.717) is 26.2 Å². The fourth-order valence-electron chi connectivity index (χ4n) is 7.60. The molecule has 4 aromatic carbocycles. The maximum Gasteiger partial charge on any atom is 0.156 e. The molecule has 4 atom stereocenters. The number of likely N-dealkylation sites (tertiary alicyclic amines) is 2. The first kappa shape index (κ1) is 26.6. The van der Waals surface area contributed by atoms with Crippen molar-refractivity contribution in [3.05, 3.63) is 144 Å². The van der Waals surface area contributed by atoms with E-state index in [0.717, 1.165) is 22.3 Å². The number of hydrogen-bond donors (Lipinski definition) is 1. The summed E-state index contributed by atoms with van der Waals surface area (Å²) < 4.78 is 0. The summed E-state index contributed by atoms with van der Waals surface area (Å²) in [5.41, 5.74) is 1.45. The maximum absolute atomic E-state index is 15.3. The number of benzene rings is 4. The predicted molar refractivity (Wildman–Crippen MR) is 161 cm³/mol. The van der Waals surface area contributed by atoms with E-state index in [-0.39, 0.29) is 23.5 Å². The Hall–Kier alpha value is -3.57. The van der Waals surface area contributed by atoms with Crippen LogP contribution in [0.1, 0.15) is 40.0 Å². The molecule has 6 rings (SSSR count). The molecule has 2 aliphatic heterocycles. The van der Waals surface area contributed by atoms with Crippen LogP contribution >= 0.6 is 0 Å². The van der Waals surface area contributed by atoms with E-state index in [1.165, 1.54) is 0 Å². The summed E-state index contributed by atoms with van der Waals surface area (Å²) in [6, 6.07) is 40.9. The number of likely N-dealkylation sites (N-methyl/N-ethyl adjacent to an activating group) is 2. The zero-order valence-electron chi connectivity index (χ0n) is 23.4. The van der Waals surface area contributed by atoms with Gasteiger partial charge in [-0.25, -0.2) is 0 Å². The first-order chi connectivity index (χ1) is 19.4. The van der Waals surface area contributed by atoms with Crippen LogP contribution < -0.4 is 0 Å². The third-order valence-corrected chi connectivity index (χ3v) is 9.35. The Morgan fingerprint density at radius 3 is 1.50 bits per heavy atom. The van der Waals surface area contributed by atoms with Crippen molar-refractivity contribution < 1.29 is 9.90 Å². The molecular weight excluding hydrogens is 492 g/mol. The summed E-state index contributed by atoms with van der Waals surface area (Å²) in [5, 5.41) is 13.8. The van der Waals surface area contributed by atoms with Crippen molar-refractivity contribution in [1.82, 2.24) is 9.80 Å². The Bertz CT molecular complexity index is 1380. The van der Waals surface area contributed by atoms with Crippen molar-refractivity contribution in [3.8, 4) is 0 Å². The van der Waals surface area contributed by atoms with E-state index >= 15 is 4.79 Å². The monoisotopic (exact) mass is 530 g/mol. The lowest BCUT2D eigenvalue weighted by atomic mass is 9.49. The molecular formula is C36H38N2O2. The Balaban J connectivity index is 1.66. The summed E-state index contributed by atoms with van der Waals surface area (Å²) in [6.07, 6.45) is 0. The molecule has 204 valence electrons. The van der Waals surface area contributed by atoms with E-state index in [4.69, 9.17) is 0 Å². The lowest BCUT2D eigenvalue weighted by molar-refractivity contribution is -0.161. The standard InChI is InChI=1S/C36H38N2O2/c1-37-24-32(28-17-9-4-10-18-28)36(40,33(25-37)29-19-11-5-12-20-29)35(30-21-13-6-14-22-30)26-38(2)23-31(34(35)39)27-15-7-3-8-16-27/h3-22,31-33,40H,23-26H2,1-2H3/t31-,32+,33+,35+/m1/s1. The zero-order chi connectivity index (χ0) is 27.7. The van der Waals surface area contributed by atoms with Crippen LogP contribution in [0.4, 0.5) is 0 Å². The van der Waals surface area contributed by atoms with Gasteiger partial charge in [-0.1, -0.05) is 121 Å². The third kappa shape index (κ3) is 4.32. The van der Waals surface area contributed by atoms with Gasteiger partial charge < -0.3 is 14.9 Å². The first-order valence-corrected chi connectivity index (χ1v) is 14.3. The van der Waals surface area contributed by atoms with Crippen LogP contribution in [0, 0.1) is 0 Å². The molecule has 1 N–H and O–H groups in total. The van der Waals surface area contributed by atoms with Gasteiger partial charge in [0, 0.05) is 38.0 Å². The van der Waals surface area contributed by atoms with Crippen LogP contribution in [0.25, 0.3) is 0 Å². The number of carbonyl (C=O) groups is 1. The summed E-state index contributed by atoms with van der Waals surface area (Å²) in [7, 11) is 4.22. The Labute approximate surface area is 237 Å². The van der Waals surface area contributed by atoms with Crippen molar-refractivity contribution in [2.75, 3.05) is 40.3 Å². The number of ketones is 1. The molecule has 0 spiro atoms. The van der Waals surface area contributed by atoms with Gasteiger partial charge in [-0.2, -0.15) is 0 Å². The summed E-state index contributed by atoms with van der Waals surface area (Å²) >= 11 is 0. The topological polar surface area (TPSA) is 43.8 Å². The molecule has 2 saturated heterocycles. The molecule has 2 fully saturated rings. The Morgan fingerprint density at radius 2 is 1.02 bits per heavy atom. The molecule has 0 aromatic heterocycles. The summed E-state index contributed by atoms with van der Waals surface area (Å²) in [6.45, 7) is 2.39. The highest BCUT2D eigenvalue weighted by Crippen LogP contribution is 2.57. The first-order valence-electron chi connectivity index (χ1n) is 14.3. The Morgan fingerprint density at radius 1 is 0.600 bits per heavy atom. The molecule has 0 amide bonds. The van der Waals surface area contributed by atoms with E-state index in [1.807, 2.05) is 72.8 Å². The quantitative estimate of drug-likeness (QED) is 0.372. The lowest BCUT2D eigenvalue weighted by Gasteiger charge is -2.61. The van der Waals surface area contributed by atoms with Crippen molar-refractivity contribution in [1.29, 1.82) is 0 Å². The molecule has 4 heteroatoms. The molecule has 0 radical (unpaired) electrons. The van der Waals surface area contributed by atoms with Gasteiger partial charge in [0.1, 0.15) is 0 Å². The number of hydrogen-bond acceptors (Lipinski definition) is 4. The normalized spacial score (nSPS) is 27.4. The number of nitrogens with zero attached hydrogens (tertiary/aromatic N) is 2. The van der Waals surface area contributed by atoms with Crippen LogP contribution in [0.15, 0.2) is 121 Å². The second-order valence-corrected chi connectivity index (χ2v) is 11.8. The van der Waals surface area contributed by atoms with Crippen molar-refractivity contribution in [2.45, 2.75) is 28.8 Å². The highest BCUT2D eigenvalue weighted by atomic mass is 16.3. The molecule has 0 bridgehead atoms. The molecule has 4 nitrogen and oxygen atoms in total. The number of piperidine rings is 2. The van der Waals surface area contributed by atoms with Gasteiger partial charge in [0.05, 0.1) is 16.9 Å². The SMILES string of the molecule is CN1C[C@@H](c2ccccc2)C(O)([C@]2(c3ccccc3)CN(C)C[C@H](c3ccccc3)C2=O)[C@H](c2ccccc2)C1. The number of rotatable bonds is 5.